The summed E-state index contributed by atoms with van der Waals surface area (Å²) in [5.74, 6) is 0.439. The Bertz CT molecular complexity index is 349. The molecule has 72 valence electrons. The van der Waals surface area contributed by atoms with Crippen LogP contribution in [0.5, 0.6) is 0 Å². The number of nitrogens with zero attached hydrogens (tertiary/aromatic N) is 1. The fraction of sp³-hybridized carbons (Fsp3) is 0.462. The molecule has 0 radical (unpaired) electrons. The van der Waals surface area contributed by atoms with E-state index in [1.165, 1.54) is 12.0 Å². The zero-order chi connectivity index (χ0) is 10.0. The van der Waals surface area contributed by atoms with Crippen LogP contribution in [0.2, 0.25) is 0 Å². The molecule has 1 fully saturated rings. The van der Waals surface area contributed by atoms with Crippen molar-refractivity contribution >= 4 is 0 Å². The van der Waals surface area contributed by atoms with E-state index in [0.717, 1.165) is 12.8 Å². The van der Waals surface area contributed by atoms with Crippen LogP contribution in [0.25, 0.3) is 0 Å². The smallest absolute Gasteiger partial charge is 0.0693 e. The highest BCUT2D eigenvalue weighted by molar-refractivity contribution is 5.26. The molecule has 1 saturated carbocycles. The number of rotatable bonds is 1. The van der Waals surface area contributed by atoms with Crippen LogP contribution in [0.3, 0.4) is 0 Å². The minimum Gasteiger partial charge on any atom is -0.198 e. The van der Waals surface area contributed by atoms with Crippen LogP contribution in [-0.4, -0.2) is 0 Å². The average Bonchev–Trinajstić information content (AvgIpc) is 2.63. The van der Waals surface area contributed by atoms with Crippen molar-refractivity contribution in [1.29, 1.82) is 5.26 Å². The predicted octanol–water partition coefficient (Wildman–Crippen LogP) is 3.48. The summed E-state index contributed by atoms with van der Waals surface area (Å²) in [6.07, 6.45) is 3.39. The molecule has 1 heteroatoms. The largest absolute Gasteiger partial charge is 0.198 e. The summed E-state index contributed by atoms with van der Waals surface area (Å²) >= 11 is 0. The molecule has 1 aromatic carbocycles. The maximum atomic E-state index is 9.21. The lowest BCUT2D eigenvalue weighted by Gasteiger charge is -2.24. The van der Waals surface area contributed by atoms with E-state index >= 15 is 0 Å². The van der Waals surface area contributed by atoms with Crippen LogP contribution in [0, 0.1) is 16.7 Å². The molecular weight excluding hydrogens is 170 g/mol. The summed E-state index contributed by atoms with van der Waals surface area (Å²) in [6, 6.07) is 12.9. The summed E-state index contributed by atoms with van der Waals surface area (Å²) in [5.41, 5.74) is 1.19. The lowest BCUT2D eigenvalue weighted by Crippen LogP contribution is -2.17. The van der Waals surface area contributed by atoms with E-state index in [1.807, 2.05) is 6.07 Å². The summed E-state index contributed by atoms with van der Waals surface area (Å²) in [5, 5.41) is 9.21. The van der Waals surface area contributed by atoms with Gasteiger partial charge in [-0.2, -0.15) is 5.26 Å². The van der Waals surface area contributed by atoms with E-state index in [2.05, 4.69) is 37.3 Å². The molecule has 0 bridgehead atoms. The van der Waals surface area contributed by atoms with Crippen molar-refractivity contribution in [2.24, 2.45) is 5.41 Å². The number of hydrogen-bond donors (Lipinski definition) is 0. The normalized spacial score (nSPS) is 31.3. The average molecular weight is 185 g/mol. The molecule has 0 heterocycles. The highest BCUT2D eigenvalue weighted by Gasteiger charge is 2.39. The number of benzene rings is 1. The van der Waals surface area contributed by atoms with E-state index in [4.69, 9.17) is 0 Å². The second-order valence-corrected chi connectivity index (χ2v) is 4.38. The monoisotopic (exact) mass is 185 g/mol. The van der Waals surface area contributed by atoms with Gasteiger partial charge in [-0.1, -0.05) is 36.8 Å². The van der Waals surface area contributed by atoms with Gasteiger partial charge in [0.25, 0.3) is 0 Å². The van der Waals surface area contributed by atoms with Crippen molar-refractivity contribution in [3.63, 3.8) is 0 Å². The Morgan fingerprint density at radius 3 is 2.71 bits per heavy atom. The molecule has 1 aliphatic carbocycles. The quantitative estimate of drug-likeness (QED) is 0.657. The van der Waals surface area contributed by atoms with Crippen LogP contribution < -0.4 is 0 Å². The maximum absolute atomic E-state index is 9.21. The summed E-state index contributed by atoms with van der Waals surface area (Å²) < 4.78 is 0. The molecule has 0 N–H and O–H groups in total. The second-order valence-electron chi connectivity index (χ2n) is 4.38. The topological polar surface area (TPSA) is 23.8 Å². The Morgan fingerprint density at radius 2 is 2.07 bits per heavy atom. The second kappa shape index (κ2) is 3.46. The third-order valence-corrected chi connectivity index (χ3v) is 3.42. The molecular formula is C13H15N. The fourth-order valence-electron chi connectivity index (χ4n) is 2.52. The van der Waals surface area contributed by atoms with Gasteiger partial charge in [0.05, 0.1) is 11.5 Å². The molecule has 0 aliphatic heterocycles. The molecule has 0 amide bonds. The summed E-state index contributed by atoms with van der Waals surface area (Å²) in [6.45, 7) is 2.09. The lowest BCUT2D eigenvalue weighted by molar-refractivity contribution is 0.403. The fourth-order valence-corrected chi connectivity index (χ4v) is 2.52. The van der Waals surface area contributed by atoms with Gasteiger partial charge in [0.2, 0.25) is 0 Å². The van der Waals surface area contributed by atoms with Gasteiger partial charge < -0.3 is 0 Å². The Hall–Kier alpha value is -1.29. The Labute approximate surface area is 85.4 Å². The highest BCUT2D eigenvalue weighted by atomic mass is 14.4. The van der Waals surface area contributed by atoms with Gasteiger partial charge in [-0.05, 0) is 25.3 Å². The Morgan fingerprint density at radius 1 is 1.36 bits per heavy atom. The highest BCUT2D eigenvalue weighted by Crippen LogP contribution is 2.48. The van der Waals surface area contributed by atoms with Crippen molar-refractivity contribution in [1.82, 2.24) is 0 Å². The standard InChI is InChI=1S/C13H15N/c1-13(10-14)9-5-8-12(13)11-6-3-2-4-7-11/h2-4,6-7,12H,5,8-9H2,1H3. The van der Waals surface area contributed by atoms with E-state index in [-0.39, 0.29) is 5.41 Å². The van der Waals surface area contributed by atoms with Crippen molar-refractivity contribution in [3.05, 3.63) is 35.9 Å². The number of nitriles is 1. The molecule has 2 rings (SSSR count). The Kier molecular flexibility index (Phi) is 2.29. The van der Waals surface area contributed by atoms with Gasteiger partial charge in [-0.15, -0.1) is 0 Å². The first-order valence-electron chi connectivity index (χ1n) is 5.22. The van der Waals surface area contributed by atoms with Gasteiger partial charge in [0.15, 0.2) is 0 Å². The molecule has 0 spiro atoms. The summed E-state index contributed by atoms with van der Waals surface area (Å²) in [7, 11) is 0. The van der Waals surface area contributed by atoms with E-state index < -0.39 is 0 Å². The van der Waals surface area contributed by atoms with Crippen LogP contribution >= 0.6 is 0 Å². The van der Waals surface area contributed by atoms with Crippen molar-refractivity contribution < 1.29 is 0 Å². The van der Waals surface area contributed by atoms with Gasteiger partial charge in [-0.3, -0.25) is 0 Å². The lowest BCUT2D eigenvalue weighted by atomic mass is 9.77. The first kappa shape index (κ1) is 9.27. The molecule has 0 aromatic heterocycles. The zero-order valence-corrected chi connectivity index (χ0v) is 8.53. The van der Waals surface area contributed by atoms with E-state index in [1.54, 1.807) is 0 Å². The minimum absolute atomic E-state index is 0.138. The van der Waals surface area contributed by atoms with Crippen molar-refractivity contribution in [2.45, 2.75) is 32.1 Å². The van der Waals surface area contributed by atoms with Gasteiger partial charge >= 0.3 is 0 Å². The molecule has 2 atom stereocenters. The first-order valence-corrected chi connectivity index (χ1v) is 5.22. The first-order chi connectivity index (χ1) is 6.76. The van der Waals surface area contributed by atoms with Crippen LogP contribution in [0.15, 0.2) is 30.3 Å². The molecule has 1 aliphatic rings. The molecule has 2 unspecified atom stereocenters. The molecule has 14 heavy (non-hydrogen) atoms. The minimum atomic E-state index is -0.138. The summed E-state index contributed by atoms with van der Waals surface area (Å²) in [4.78, 5) is 0. The SMILES string of the molecule is CC1(C#N)CCCC1c1ccccc1. The zero-order valence-electron chi connectivity index (χ0n) is 8.53. The number of hydrogen-bond acceptors (Lipinski definition) is 1. The molecule has 1 aromatic rings. The Balaban J connectivity index is 2.32. The predicted molar refractivity (Wildman–Crippen MR) is 56.8 cm³/mol. The van der Waals surface area contributed by atoms with Gasteiger partial charge in [0, 0.05) is 5.92 Å². The van der Waals surface area contributed by atoms with Crippen molar-refractivity contribution in [3.8, 4) is 6.07 Å². The third kappa shape index (κ3) is 1.42. The molecule has 0 saturated heterocycles. The van der Waals surface area contributed by atoms with Crippen molar-refractivity contribution in [2.75, 3.05) is 0 Å². The molecule has 1 nitrogen and oxygen atoms in total. The van der Waals surface area contributed by atoms with Crippen LogP contribution in [0.1, 0.15) is 37.7 Å². The van der Waals surface area contributed by atoms with E-state index in [9.17, 15) is 5.26 Å². The maximum Gasteiger partial charge on any atom is 0.0693 e. The van der Waals surface area contributed by atoms with Gasteiger partial charge in [0.1, 0.15) is 0 Å². The third-order valence-electron chi connectivity index (χ3n) is 3.42. The van der Waals surface area contributed by atoms with Crippen LogP contribution in [-0.2, 0) is 0 Å². The van der Waals surface area contributed by atoms with E-state index in [0.29, 0.717) is 5.92 Å². The van der Waals surface area contributed by atoms with Crippen LogP contribution in [0.4, 0.5) is 0 Å². The van der Waals surface area contributed by atoms with Gasteiger partial charge in [-0.25, -0.2) is 0 Å².